The zero-order valence-corrected chi connectivity index (χ0v) is 12.6. The SMILES string of the molecule is Cc1cccc(C(O)CNc2nc3sccn3c2[N+](=O)[O-])c1. The molecule has 0 fully saturated rings. The van der Waals surface area contributed by atoms with Crippen molar-refractivity contribution in [1.82, 2.24) is 9.38 Å². The molecule has 7 nitrogen and oxygen atoms in total. The number of anilines is 1. The molecule has 2 heterocycles. The number of nitrogens with one attached hydrogen (secondary N) is 1. The van der Waals surface area contributed by atoms with E-state index < -0.39 is 11.0 Å². The number of nitrogens with zero attached hydrogens (tertiary/aromatic N) is 3. The van der Waals surface area contributed by atoms with Gasteiger partial charge in [-0.15, -0.1) is 0 Å². The smallest absolute Gasteiger partial charge is 0.372 e. The minimum absolute atomic E-state index is 0.118. The van der Waals surface area contributed by atoms with Crippen molar-refractivity contribution in [2.24, 2.45) is 0 Å². The minimum Gasteiger partial charge on any atom is -0.387 e. The molecule has 22 heavy (non-hydrogen) atoms. The number of aromatic nitrogens is 2. The highest BCUT2D eigenvalue weighted by Crippen LogP contribution is 2.28. The highest BCUT2D eigenvalue weighted by atomic mass is 32.1. The first-order valence-corrected chi connectivity index (χ1v) is 7.52. The molecule has 0 spiro atoms. The fourth-order valence-electron chi connectivity index (χ4n) is 2.26. The summed E-state index contributed by atoms with van der Waals surface area (Å²) in [5.74, 6) is 0.0521. The van der Waals surface area contributed by atoms with Crippen LogP contribution in [0.1, 0.15) is 17.2 Å². The molecule has 0 saturated heterocycles. The van der Waals surface area contributed by atoms with Crippen molar-refractivity contribution in [2.75, 3.05) is 11.9 Å². The highest BCUT2D eigenvalue weighted by molar-refractivity contribution is 7.15. The summed E-state index contributed by atoms with van der Waals surface area (Å²) in [6.45, 7) is 2.09. The van der Waals surface area contributed by atoms with E-state index in [9.17, 15) is 15.2 Å². The molecular weight excluding hydrogens is 304 g/mol. The molecule has 114 valence electrons. The van der Waals surface area contributed by atoms with Crippen LogP contribution in [0.3, 0.4) is 0 Å². The maximum absolute atomic E-state index is 11.2. The molecule has 0 radical (unpaired) electrons. The Hall–Kier alpha value is -2.45. The Morgan fingerprint density at radius 1 is 1.55 bits per heavy atom. The lowest BCUT2D eigenvalue weighted by molar-refractivity contribution is -0.389. The van der Waals surface area contributed by atoms with Gasteiger partial charge in [0.15, 0.2) is 0 Å². The van der Waals surface area contributed by atoms with Crippen molar-refractivity contribution < 1.29 is 10.0 Å². The van der Waals surface area contributed by atoms with Gasteiger partial charge in [-0.3, -0.25) is 0 Å². The van der Waals surface area contributed by atoms with Crippen molar-refractivity contribution in [1.29, 1.82) is 0 Å². The van der Waals surface area contributed by atoms with E-state index in [0.717, 1.165) is 11.1 Å². The number of aryl methyl sites for hydroxylation is 1. The molecule has 1 atom stereocenters. The Morgan fingerprint density at radius 2 is 2.36 bits per heavy atom. The average Bonchev–Trinajstić information content (AvgIpc) is 3.04. The van der Waals surface area contributed by atoms with Crippen molar-refractivity contribution in [3.05, 3.63) is 57.1 Å². The summed E-state index contributed by atoms with van der Waals surface area (Å²) in [5.41, 5.74) is 1.81. The van der Waals surface area contributed by atoms with E-state index in [1.165, 1.54) is 15.7 Å². The van der Waals surface area contributed by atoms with E-state index in [4.69, 9.17) is 0 Å². The number of aliphatic hydroxyl groups is 1. The van der Waals surface area contributed by atoms with Crippen LogP contribution in [0.5, 0.6) is 0 Å². The monoisotopic (exact) mass is 318 g/mol. The summed E-state index contributed by atoms with van der Waals surface area (Å²) in [4.78, 5) is 15.5. The van der Waals surface area contributed by atoms with Gasteiger partial charge in [0, 0.05) is 11.9 Å². The van der Waals surface area contributed by atoms with Crippen LogP contribution in [0.25, 0.3) is 4.96 Å². The number of imidazole rings is 1. The van der Waals surface area contributed by atoms with Gasteiger partial charge in [0.2, 0.25) is 5.82 Å². The van der Waals surface area contributed by atoms with E-state index in [0.29, 0.717) is 4.96 Å². The minimum atomic E-state index is -0.765. The van der Waals surface area contributed by atoms with Crippen LogP contribution in [0.2, 0.25) is 0 Å². The van der Waals surface area contributed by atoms with Gasteiger partial charge in [-0.1, -0.05) is 41.2 Å². The first-order chi connectivity index (χ1) is 10.6. The summed E-state index contributed by atoms with van der Waals surface area (Å²) in [6.07, 6.45) is 0.840. The van der Waals surface area contributed by atoms with Crippen LogP contribution in [-0.2, 0) is 0 Å². The molecule has 0 bridgehead atoms. The summed E-state index contributed by atoms with van der Waals surface area (Å²) in [7, 11) is 0. The second-order valence-corrected chi connectivity index (χ2v) is 5.78. The molecule has 2 aromatic heterocycles. The summed E-state index contributed by atoms with van der Waals surface area (Å²) in [5, 5.41) is 26.0. The predicted molar refractivity (Wildman–Crippen MR) is 84.4 cm³/mol. The Morgan fingerprint density at radius 3 is 3.09 bits per heavy atom. The Bertz CT molecular complexity index is 826. The van der Waals surface area contributed by atoms with E-state index >= 15 is 0 Å². The van der Waals surface area contributed by atoms with Crippen LogP contribution < -0.4 is 5.32 Å². The topological polar surface area (TPSA) is 92.7 Å². The molecule has 0 aliphatic rings. The highest BCUT2D eigenvalue weighted by Gasteiger charge is 2.24. The number of aliphatic hydroxyl groups excluding tert-OH is 1. The van der Waals surface area contributed by atoms with Gasteiger partial charge in [0.05, 0.1) is 6.10 Å². The number of hydrogen-bond acceptors (Lipinski definition) is 6. The van der Waals surface area contributed by atoms with Gasteiger partial charge in [0.25, 0.3) is 4.96 Å². The summed E-state index contributed by atoms with van der Waals surface area (Å²) in [6, 6.07) is 7.51. The lowest BCUT2D eigenvalue weighted by Gasteiger charge is -2.12. The van der Waals surface area contributed by atoms with Gasteiger partial charge < -0.3 is 20.5 Å². The second kappa shape index (κ2) is 5.74. The van der Waals surface area contributed by atoms with E-state index in [1.807, 2.05) is 31.2 Å². The maximum atomic E-state index is 11.2. The normalized spacial score (nSPS) is 12.5. The Kier molecular flexibility index (Phi) is 3.78. The molecular formula is C14H14N4O3S. The summed E-state index contributed by atoms with van der Waals surface area (Å²) < 4.78 is 1.42. The first kappa shape index (κ1) is 14.5. The van der Waals surface area contributed by atoms with Crippen LogP contribution in [0.4, 0.5) is 11.6 Å². The third kappa shape index (κ3) is 2.66. The molecule has 3 aromatic rings. The lowest BCUT2D eigenvalue weighted by Crippen LogP contribution is -2.13. The summed E-state index contributed by atoms with van der Waals surface area (Å²) >= 11 is 1.32. The number of nitro groups is 1. The molecule has 2 N–H and O–H groups in total. The van der Waals surface area contributed by atoms with Crippen molar-refractivity contribution in [3.63, 3.8) is 0 Å². The van der Waals surface area contributed by atoms with Crippen LogP contribution in [0, 0.1) is 17.0 Å². The number of fused-ring (bicyclic) bond motifs is 1. The molecule has 3 rings (SSSR count). The quantitative estimate of drug-likeness (QED) is 0.557. The van der Waals surface area contributed by atoms with Crippen LogP contribution >= 0.6 is 11.3 Å². The fraction of sp³-hybridized carbons (Fsp3) is 0.214. The first-order valence-electron chi connectivity index (χ1n) is 6.64. The second-order valence-electron chi connectivity index (χ2n) is 4.91. The molecule has 0 aliphatic heterocycles. The fourth-order valence-corrected chi connectivity index (χ4v) is 2.96. The third-order valence-electron chi connectivity index (χ3n) is 3.30. The third-order valence-corrected chi connectivity index (χ3v) is 4.06. The maximum Gasteiger partial charge on any atom is 0.372 e. The number of rotatable bonds is 5. The average molecular weight is 318 g/mol. The molecule has 0 amide bonds. The predicted octanol–water partition coefficient (Wildman–Crippen LogP) is 2.76. The Balaban J connectivity index is 1.80. The number of hydrogen-bond donors (Lipinski definition) is 2. The van der Waals surface area contributed by atoms with E-state index in [2.05, 4.69) is 10.3 Å². The van der Waals surface area contributed by atoms with Gasteiger partial charge >= 0.3 is 5.82 Å². The van der Waals surface area contributed by atoms with Crippen molar-refractivity contribution >= 4 is 27.9 Å². The zero-order chi connectivity index (χ0) is 15.7. The zero-order valence-electron chi connectivity index (χ0n) is 11.8. The van der Waals surface area contributed by atoms with Crippen LogP contribution in [-0.4, -0.2) is 26.0 Å². The Labute approximate surface area is 130 Å². The van der Waals surface area contributed by atoms with E-state index in [1.54, 1.807) is 11.6 Å². The van der Waals surface area contributed by atoms with E-state index in [-0.39, 0.29) is 18.2 Å². The molecule has 1 unspecified atom stereocenters. The van der Waals surface area contributed by atoms with Gasteiger partial charge in [-0.2, -0.15) is 9.38 Å². The lowest BCUT2D eigenvalue weighted by atomic mass is 10.1. The molecule has 1 aromatic carbocycles. The molecule has 0 saturated carbocycles. The van der Waals surface area contributed by atoms with Crippen molar-refractivity contribution in [3.8, 4) is 0 Å². The molecule has 8 heteroatoms. The largest absolute Gasteiger partial charge is 0.387 e. The van der Waals surface area contributed by atoms with Gasteiger partial charge in [-0.05, 0) is 17.4 Å². The van der Waals surface area contributed by atoms with Gasteiger partial charge in [-0.25, -0.2) is 0 Å². The standard InChI is InChI=1S/C14H14N4O3S/c1-9-3-2-4-10(7-9)11(19)8-15-12-13(18(20)21)17-5-6-22-14(17)16-12/h2-7,11,15,19H,8H2,1H3. The number of benzene rings is 1. The van der Waals surface area contributed by atoms with Crippen LogP contribution in [0.15, 0.2) is 35.8 Å². The van der Waals surface area contributed by atoms with Crippen molar-refractivity contribution in [2.45, 2.75) is 13.0 Å². The number of thiazole rings is 1. The molecule has 0 aliphatic carbocycles. The van der Waals surface area contributed by atoms with Gasteiger partial charge in [0.1, 0.15) is 6.20 Å².